The number of likely N-dealkylation sites (tertiary alicyclic amines) is 1. The molecule has 0 N–H and O–H groups in total. The molecule has 1 saturated heterocycles. The Morgan fingerprint density at radius 2 is 2.26 bits per heavy atom. The number of nitrogens with zero attached hydrogens (tertiary/aromatic N) is 2. The molecule has 19 heavy (non-hydrogen) atoms. The third-order valence-electron chi connectivity index (χ3n) is 3.68. The SMILES string of the molecule is COc1cccc(C2CCCN2CC(=O)N(C)C)c1. The number of likely N-dealkylation sites (N-methyl/N-ethyl adjacent to an activating group) is 1. The summed E-state index contributed by atoms with van der Waals surface area (Å²) in [5.74, 6) is 1.04. The van der Waals surface area contributed by atoms with E-state index in [9.17, 15) is 4.79 Å². The fourth-order valence-corrected chi connectivity index (χ4v) is 2.56. The zero-order chi connectivity index (χ0) is 13.8. The Labute approximate surface area is 115 Å². The Morgan fingerprint density at radius 3 is 2.95 bits per heavy atom. The van der Waals surface area contributed by atoms with Gasteiger partial charge in [-0.3, -0.25) is 9.69 Å². The highest BCUT2D eigenvalue weighted by atomic mass is 16.5. The Bertz CT molecular complexity index is 446. The second-order valence-electron chi connectivity index (χ2n) is 5.19. The van der Waals surface area contributed by atoms with Gasteiger partial charge in [0.25, 0.3) is 0 Å². The zero-order valence-corrected chi connectivity index (χ0v) is 11.9. The van der Waals surface area contributed by atoms with Gasteiger partial charge < -0.3 is 9.64 Å². The quantitative estimate of drug-likeness (QED) is 0.831. The number of carbonyl (C=O) groups is 1. The average Bonchev–Trinajstić information content (AvgIpc) is 2.86. The van der Waals surface area contributed by atoms with E-state index in [0.717, 1.165) is 25.1 Å². The van der Waals surface area contributed by atoms with Crippen LogP contribution in [0.25, 0.3) is 0 Å². The predicted octanol–water partition coefficient (Wildman–Crippen LogP) is 1.92. The van der Waals surface area contributed by atoms with Crippen LogP contribution < -0.4 is 4.74 Å². The first-order chi connectivity index (χ1) is 9.11. The highest BCUT2D eigenvalue weighted by Crippen LogP contribution is 2.33. The van der Waals surface area contributed by atoms with E-state index in [2.05, 4.69) is 17.0 Å². The molecular formula is C15H22N2O2. The molecule has 0 radical (unpaired) electrons. The van der Waals surface area contributed by atoms with Crippen LogP contribution in [0.2, 0.25) is 0 Å². The molecule has 1 unspecified atom stereocenters. The summed E-state index contributed by atoms with van der Waals surface area (Å²) in [5.41, 5.74) is 1.24. The number of rotatable bonds is 4. The standard InChI is InChI=1S/C15H22N2O2/c1-16(2)15(18)11-17-9-5-8-14(17)12-6-4-7-13(10-12)19-3/h4,6-7,10,14H,5,8-9,11H2,1-3H3. The summed E-state index contributed by atoms with van der Waals surface area (Å²) in [6, 6.07) is 8.49. The van der Waals surface area contributed by atoms with E-state index >= 15 is 0 Å². The molecule has 1 heterocycles. The van der Waals surface area contributed by atoms with E-state index in [-0.39, 0.29) is 5.91 Å². The third kappa shape index (κ3) is 3.26. The molecule has 1 aliphatic heterocycles. The molecular weight excluding hydrogens is 240 g/mol. The molecule has 0 aromatic heterocycles. The molecule has 4 nitrogen and oxygen atoms in total. The van der Waals surface area contributed by atoms with E-state index < -0.39 is 0 Å². The highest BCUT2D eigenvalue weighted by Gasteiger charge is 2.28. The topological polar surface area (TPSA) is 32.8 Å². The molecule has 0 saturated carbocycles. The smallest absolute Gasteiger partial charge is 0.236 e. The van der Waals surface area contributed by atoms with Gasteiger partial charge in [-0.2, -0.15) is 0 Å². The minimum absolute atomic E-state index is 0.162. The van der Waals surface area contributed by atoms with Crippen LogP contribution in [-0.2, 0) is 4.79 Å². The van der Waals surface area contributed by atoms with Crippen molar-refractivity contribution in [3.05, 3.63) is 29.8 Å². The van der Waals surface area contributed by atoms with Crippen molar-refractivity contribution >= 4 is 5.91 Å². The van der Waals surface area contributed by atoms with Crippen LogP contribution in [0.5, 0.6) is 5.75 Å². The van der Waals surface area contributed by atoms with Crippen molar-refractivity contribution in [2.75, 3.05) is 34.3 Å². The molecule has 1 atom stereocenters. The second-order valence-corrected chi connectivity index (χ2v) is 5.19. The minimum atomic E-state index is 0.162. The number of benzene rings is 1. The molecule has 0 aliphatic carbocycles. The van der Waals surface area contributed by atoms with Gasteiger partial charge in [0.15, 0.2) is 0 Å². The van der Waals surface area contributed by atoms with Crippen LogP contribution in [0.1, 0.15) is 24.4 Å². The van der Waals surface area contributed by atoms with Gasteiger partial charge in [0.05, 0.1) is 13.7 Å². The monoisotopic (exact) mass is 262 g/mol. The number of hydrogen-bond donors (Lipinski definition) is 0. The summed E-state index contributed by atoms with van der Waals surface area (Å²) in [7, 11) is 5.29. The lowest BCUT2D eigenvalue weighted by Crippen LogP contribution is -2.36. The lowest BCUT2D eigenvalue weighted by Gasteiger charge is -2.25. The predicted molar refractivity (Wildman–Crippen MR) is 75.2 cm³/mol. The summed E-state index contributed by atoms with van der Waals surface area (Å²) in [6.07, 6.45) is 2.25. The molecule has 1 aromatic rings. The lowest BCUT2D eigenvalue weighted by molar-refractivity contribution is -0.130. The van der Waals surface area contributed by atoms with E-state index in [1.165, 1.54) is 5.56 Å². The fraction of sp³-hybridized carbons (Fsp3) is 0.533. The van der Waals surface area contributed by atoms with Gasteiger partial charge in [0, 0.05) is 20.1 Å². The second kappa shape index (κ2) is 6.06. The van der Waals surface area contributed by atoms with Crippen LogP contribution in [-0.4, -0.2) is 50.0 Å². The normalized spacial score (nSPS) is 19.4. The van der Waals surface area contributed by atoms with Gasteiger partial charge in [0.1, 0.15) is 5.75 Å². The van der Waals surface area contributed by atoms with Crippen LogP contribution in [0.4, 0.5) is 0 Å². The van der Waals surface area contributed by atoms with Gasteiger partial charge in [-0.05, 0) is 37.1 Å². The van der Waals surface area contributed by atoms with Gasteiger partial charge in [-0.15, -0.1) is 0 Å². The molecule has 0 spiro atoms. The molecule has 1 aliphatic rings. The number of amides is 1. The third-order valence-corrected chi connectivity index (χ3v) is 3.68. The van der Waals surface area contributed by atoms with Crippen molar-refractivity contribution in [1.29, 1.82) is 0 Å². The number of methoxy groups -OCH3 is 1. The molecule has 2 rings (SSSR count). The maximum Gasteiger partial charge on any atom is 0.236 e. The van der Waals surface area contributed by atoms with Crippen molar-refractivity contribution in [2.45, 2.75) is 18.9 Å². The van der Waals surface area contributed by atoms with Gasteiger partial charge in [0.2, 0.25) is 5.91 Å². The lowest BCUT2D eigenvalue weighted by atomic mass is 10.0. The Morgan fingerprint density at radius 1 is 1.47 bits per heavy atom. The number of ether oxygens (including phenoxy) is 1. The minimum Gasteiger partial charge on any atom is -0.497 e. The van der Waals surface area contributed by atoms with Crippen LogP contribution in [0.3, 0.4) is 0 Å². The van der Waals surface area contributed by atoms with Crippen LogP contribution in [0.15, 0.2) is 24.3 Å². The zero-order valence-electron chi connectivity index (χ0n) is 11.9. The summed E-state index contributed by atoms with van der Waals surface area (Å²) in [6.45, 7) is 1.48. The van der Waals surface area contributed by atoms with Crippen LogP contribution >= 0.6 is 0 Å². The molecule has 1 fully saturated rings. The van der Waals surface area contributed by atoms with Crippen molar-refractivity contribution in [3.63, 3.8) is 0 Å². The van der Waals surface area contributed by atoms with Gasteiger partial charge in [-0.1, -0.05) is 12.1 Å². The molecule has 4 heteroatoms. The number of hydrogen-bond acceptors (Lipinski definition) is 3. The Balaban J connectivity index is 2.11. The first-order valence-electron chi connectivity index (χ1n) is 6.70. The van der Waals surface area contributed by atoms with E-state index in [0.29, 0.717) is 12.6 Å². The average molecular weight is 262 g/mol. The molecule has 1 amide bonds. The van der Waals surface area contributed by atoms with Crippen molar-refractivity contribution in [2.24, 2.45) is 0 Å². The largest absolute Gasteiger partial charge is 0.497 e. The maximum absolute atomic E-state index is 11.9. The summed E-state index contributed by atoms with van der Waals surface area (Å²) in [5, 5.41) is 0. The van der Waals surface area contributed by atoms with E-state index in [1.54, 1.807) is 26.1 Å². The first-order valence-corrected chi connectivity index (χ1v) is 6.70. The fourth-order valence-electron chi connectivity index (χ4n) is 2.56. The first kappa shape index (κ1) is 13.9. The summed E-state index contributed by atoms with van der Waals surface area (Å²) >= 11 is 0. The van der Waals surface area contributed by atoms with Crippen molar-refractivity contribution in [1.82, 2.24) is 9.80 Å². The van der Waals surface area contributed by atoms with Crippen molar-refractivity contribution in [3.8, 4) is 5.75 Å². The summed E-state index contributed by atoms with van der Waals surface area (Å²) in [4.78, 5) is 15.8. The summed E-state index contributed by atoms with van der Waals surface area (Å²) < 4.78 is 5.28. The highest BCUT2D eigenvalue weighted by molar-refractivity contribution is 5.77. The maximum atomic E-state index is 11.9. The molecule has 0 bridgehead atoms. The molecule has 104 valence electrons. The Kier molecular flexibility index (Phi) is 4.43. The molecule has 1 aromatic carbocycles. The van der Waals surface area contributed by atoms with E-state index in [1.807, 2.05) is 12.1 Å². The van der Waals surface area contributed by atoms with E-state index in [4.69, 9.17) is 4.74 Å². The number of carbonyl (C=O) groups excluding carboxylic acids is 1. The van der Waals surface area contributed by atoms with Crippen molar-refractivity contribution < 1.29 is 9.53 Å². The van der Waals surface area contributed by atoms with Gasteiger partial charge >= 0.3 is 0 Å². The van der Waals surface area contributed by atoms with Gasteiger partial charge in [-0.25, -0.2) is 0 Å². The van der Waals surface area contributed by atoms with Crippen LogP contribution in [0, 0.1) is 0 Å². The Hall–Kier alpha value is -1.55.